The van der Waals surface area contributed by atoms with Crippen LogP contribution in [0.2, 0.25) is 0 Å². The van der Waals surface area contributed by atoms with E-state index in [4.69, 9.17) is 0 Å². The maximum absolute atomic E-state index is 4.30. The Morgan fingerprint density at radius 2 is 2.27 bits per heavy atom. The molecule has 0 saturated carbocycles. The van der Waals surface area contributed by atoms with Gasteiger partial charge < -0.3 is 9.88 Å². The first-order valence-corrected chi connectivity index (χ1v) is 6.90. The van der Waals surface area contributed by atoms with Crippen LogP contribution in [0.4, 0.5) is 5.95 Å². The van der Waals surface area contributed by atoms with E-state index in [-0.39, 0.29) is 0 Å². The number of thioether (sulfide) groups is 1. The lowest BCUT2D eigenvalue weighted by Gasteiger charge is -2.11. The third-order valence-corrected chi connectivity index (χ3v) is 2.83. The highest BCUT2D eigenvalue weighted by molar-refractivity contribution is 7.98. The Bertz CT molecular complexity index is 271. The highest BCUT2D eigenvalue weighted by atomic mass is 32.2. The van der Waals surface area contributed by atoms with Crippen molar-refractivity contribution in [3.05, 3.63) is 12.4 Å². The van der Waals surface area contributed by atoms with Crippen molar-refractivity contribution in [1.82, 2.24) is 9.55 Å². The summed E-state index contributed by atoms with van der Waals surface area (Å²) in [6.45, 7) is 5.33. The van der Waals surface area contributed by atoms with Gasteiger partial charge >= 0.3 is 0 Å². The Labute approximate surface area is 96.7 Å². The second-order valence-corrected chi connectivity index (χ2v) is 4.93. The van der Waals surface area contributed by atoms with Crippen LogP contribution in [0.1, 0.15) is 26.7 Å². The van der Waals surface area contributed by atoms with Gasteiger partial charge in [-0.2, -0.15) is 11.8 Å². The molecular weight excluding hydrogens is 206 g/mol. The van der Waals surface area contributed by atoms with Gasteiger partial charge in [-0.05, 0) is 38.7 Å². The van der Waals surface area contributed by atoms with Crippen molar-refractivity contribution >= 4 is 17.7 Å². The molecule has 0 aromatic carbocycles. The first kappa shape index (κ1) is 12.4. The molecule has 1 rings (SSSR count). The topological polar surface area (TPSA) is 29.9 Å². The van der Waals surface area contributed by atoms with Crippen molar-refractivity contribution in [3.8, 4) is 0 Å². The molecule has 0 bridgehead atoms. The van der Waals surface area contributed by atoms with Crippen LogP contribution in [-0.2, 0) is 6.54 Å². The smallest absolute Gasteiger partial charge is 0.202 e. The van der Waals surface area contributed by atoms with Crippen molar-refractivity contribution in [2.75, 3.05) is 17.3 Å². The van der Waals surface area contributed by atoms with Gasteiger partial charge in [0.1, 0.15) is 0 Å². The molecule has 0 aliphatic heterocycles. The second kappa shape index (κ2) is 6.77. The number of aryl methyl sites for hydroxylation is 1. The molecular formula is C11H21N3S. The predicted octanol–water partition coefficient (Wildman–Crippen LogP) is 2.85. The molecule has 0 amide bonds. The van der Waals surface area contributed by atoms with Gasteiger partial charge in [-0.15, -0.1) is 0 Å². The van der Waals surface area contributed by atoms with E-state index >= 15 is 0 Å². The van der Waals surface area contributed by atoms with E-state index in [0.29, 0.717) is 6.04 Å². The molecule has 1 aromatic heterocycles. The van der Waals surface area contributed by atoms with E-state index in [0.717, 1.165) is 12.5 Å². The van der Waals surface area contributed by atoms with Gasteiger partial charge in [-0.1, -0.05) is 0 Å². The molecule has 0 atom stereocenters. The van der Waals surface area contributed by atoms with Gasteiger partial charge in [-0.25, -0.2) is 4.98 Å². The Morgan fingerprint density at radius 1 is 1.47 bits per heavy atom. The summed E-state index contributed by atoms with van der Waals surface area (Å²) in [5.74, 6) is 2.25. The Hall–Kier alpha value is -0.640. The van der Waals surface area contributed by atoms with E-state index in [2.05, 4.69) is 35.0 Å². The standard InChI is InChI=1S/C11H21N3S/c1-10(2)13-11-12-6-8-14(11)7-4-5-9-15-3/h6,8,10H,4-5,7,9H2,1-3H3,(H,12,13). The average Bonchev–Trinajstić information content (AvgIpc) is 2.59. The van der Waals surface area contributed by atoms with Crippen LogP contribution in [0.15, 0.2) is 12.4 Å². The number of hydrogen-bond acceptors (Lipinski definition) is 3. The molecule has 0 unspecified atom stereocenters. The zero-order chi connectivity index (χ0) is 11.1. The van der Waals surface area contributed by atoms with Crippen molar-refractivity contribution in [1.29, 1.82) is 0 Å². The van der Waals surface area contributed by atoms with Crippen LogP contribution in [0.5, 0.6) is 0 Å². The van der Waals surface area contributed by atoms with Gasteiger partial charge in [0, 0.05) is 25.0 Å². The minimum Gasteiger partial charge on any atom is -0.353 e. The molecule has 0 aliphatic rings. The predicted molar refractivity (Wildman–Crippen MR) is 68.6 cm³/mol. The molecule has 4 heteroatoms. The molecule has 1 aromatic rings. The first-order chi connectivity index (χ1) is 7.24. The van der Waals surface area contributed by atoms with E-state index in [1.165, 1.54) is 18.6 Å². The lowest BCUT2D eigenvalue weighted by atomic mass is 10.3. The van der Waals surface area contributed by atoms with Gasteiger partial charge in [0.25, 0.3) is 0 Å². The summed E-state index contributed by atoms with van der Waals surface area (Å²) >= 11 is 1.91. The number of anilines is 1. The lowest BCUT2D eigenvalue weighted by Crippen LogP contribution is -2.14. The molecule has 0 radical (unpaired) electrons. The highest BCUT2D eigenvalue weighted by Gasteiger charge is 2.02. The Balaban J connectivity index is 2.36. The summed E-state index contributed by atoms with van der Waals surface area (Å²) in [6, 6.07) is 0.442. The summed E-state index contributed by atoms with van der Waals surface area (Å²) in [6.07, 6.45) is 8.57. The largest absolute Gasteiger partial charge is 0.353 e. The number of rotatable bonds is 7. The summed E-state index contributed by atoms with van der Waals surface area (Å²) in [5.41, 5.74) is 0. The van der Waals surface area contributed by atoms with E-state index < -0.39 is 0 Å². The van der Waals surface area contributed by atoms with Gasteiger partial charge in [-0.3, -0.25) is 0 Å². The van der Waals surface area contributed by atoms with Crippen LogP contribution in [0.25, 0.3) is 0 Å². The fourth-order valence-electron chi connectivity index (χ4n) is 1.42. The summed E-state index contributed by atoms with van der Waals surface area (Å²) < 4.78 is 2.19. The van der Waals surface area contributed by atoms with E-state index in [1.807, 2.05) is 24.2 Å². The molecule has 86 valence electrons. The Morgan fingerprint density at radius 3 is 2.93 bits per heavy atom. The minimum atomic E-state index is 0.442. The maximum atomic E-state index is 4.30. The van der Waals surface area contributed by atoms with E-state index in [9.17, 15) is 0 Å². The van der Waals surface area contributed by atoms with E-state index in [1.54, 1.807) is 0 Å². The highest BCUT2D eigenvalue weighted by Crippen LogP contribution is 2.08. The van der Waals surface area contributed by atoms with Crippen LogP contribution in [0, 0.1) is 0 Å². The van der Waals surface area contributed by atoms with Crippen molar-refractivity contribution in [2.24, 2.45) is 0 Å². The quantitative estimate of drug-likeness (QED) is 0.726. The fourth-order valence-corrected chi connectivity index (χ4v) is 1.91. The zero-order valence-electron chi connectivity index (χ0n) is 9.86. The minimum absolute atomic E-state index is 0.442. The number of imidazole rings is 1. The molecule has 1 N–H and O–H groups in total. The second-order valence-electron chi connectivity index (χ2n) is 3.94. The van der Waals surface area contributed by atoms with Crippen LogP contribution < -0.4 is 5.32 Å². The molecule has 0 fully saturated rings. The van der Waals surface area contributed by atoms with Crippen molar-refractivity contribution in [2.45, 2.75) is 39.3 Å². The molecule has 3 nitrogen and oxygen atoms in total. The molecule has 15 heavy (non-hydrogen) atoms. The van der Waals surface area contributed by atoms with Crippen molar-refractivity contribution in [3.63, 3.8) is 0 Å². The van der Waals surface area contributed by atoms with Crippen molar-refractivity contribution < 1.29 is 0 Å². The normalized spacial score (nSPS) is 10.9. The number of hydrogen-bond donors (Lipinski definition) is 1. The molecule has 0 saturated heterocycles. The zero-order valence-corrected chi connectivity index (χ0v) is 10.7. The van der Waals surface area contributed by atoms with Gasteiger partial charge in [0.15, 0.2) is 0 Å². The molecule has 0 spiro atoms. The van der Waals surface area contributed by atoms with Gasteiger partial charge in [0.2, 0.25) is 5.95 Å². The SMILES string of the molecule is CSCCCCn1ccnc1NC(C)C. The van der Waals surface area contributed by atoms with Crippen LogP contribution in [-0.4, -0.2) is 27.6 Å². The summed E-state index contributed by atoms with van der Waals surface area (Å²) in [7, 11) is 0. The monoisotopic (exact) mass is 227 g/mol. The number of aromatic nitrogens is 2. The van der Waals surface area contributed by atoms with Gasteiger partial charge in [0.05, 0.1) is 0 Å². The third-order valence-electron chi connectivity index (χ3n) is 2.13. The summed E-state index contributed by atoms with van der Waals surface area (Å²) in [4.78, 5) is 4.30. The maximum Gasteiger partial charge on any atom is 0.202 e. The molecule has 0 aliphatic carbocycles. The number of nitrogens with one attached hydrogen (secondary N) is 1. The average molecular weight is 227 g/mol. The van der Waals surface area contributed by atoms with Crippen LogP contribution >= 0.6 is 11.8 Å². The summed E-state index contributed by atoms with van der Waals surface area (Å²) in [5, 5.41) is 3.34. The molecule has 1 heterocycles. The number of unbranched alkanes of at least 4 members (excludes halogenated alkanes) is 1. The first-order valence-electron chi connectivity index (χ1n) is 5.50. The number of nitrogens with zero attached hydrogens (tertiary/aromatic N) is 2. The van der Waals surface area contributed by atoms with Crippen LogP contribution in [0.3, 0.4) is 0 Å². The fraction of sp³-hybridized carbons (Fsp3) is 0.727. The third kappa shape index (κ3) is 4.60. The lowest BCUT2D eigenvalue weighted by molar-refractivity contribution is 0.634. The Kier molecular flexibility index (Phi) is 5.61.